The number of nitrogens with one attached hydrogen (secondary N) is 2. The van der Waals surface area contributed by atoms with Crippen LogP contribution in [0.3, 0.4) is 0 Å². The number of para-hydroxylation sites is 1. The predicted octanol–water partition coefficient (Wildman–Crippen LogP) is 3.14. The van der Waals surface area contributed by atoms with E-state index in [9.17, 15) is 9.59 Å². The zero-order chi connectivity index (χ0) is 22.4. The minimum Gasteiger partial charge on any atom is -0.368 e. The highest BCUT2D eigenvalue weighted by molar-refractivity contribution is 6.07. The molecule has 9 heteroatoms. The third-order valence-electron chi connectivity index (χ3n) is 6.01. The van der Waals surface area contributed by atoms with Crippen molar-refractivity contribution in [2.45, 2.75) is 59.0 Å². The molecule has 2 unspecified atom stereocenters. The average molecular weight is 424 g/mol. The van der Waals surface area contributed by atoms with Crippen LogP contribution in [-0.4, -0.2) is 37.3 Å². The summed E-state index contributed by atoms with van der Waals surface area (Å²) in [6, 6.07) is 7.30. The lowest BCUT2D eigenvalue weighted by atomic mass is 9.64. The van der Waals surface area contributed by atoms with Crippen LogP contribution in [0.1, 0.15) is 51.4 Å². The van der Waals surface area contributed by atoms with Crippen molar-refractivity contribution in [2.24, 2.45) is 11.3 Å². The van der Waals surface area contributed by atoms with Gasteiger partial charge in [-0.05, 0) is 49.1 Å². The highest BCUT2D eigenvalue weighted by Crippen LogP contribution is 2.46. The van der Waals surface area contributed by atoms with Gasteiger partial charge in [0.2, 0.25) is 11.9 Å². The number of rotatable bonds is 4. The van der Waals surface area contributed by atoms with Gasteiger partial charge in [-0.3, -0.25) is 9.69 Å². The third-order valence-corrected chi connectivity index (χ3v) is 6.01. The number of nitrogen functional groups attached to an aromatic ring is 1. The number of carbonyl (C=O) groups is 2. The van der Waals surface area contributed by atoms with Crippen molar-refractivity contribution in [1.29, 1.82) is 0 Å². The van der Waals surface area contributed by atoms with E-state index in [4.69, 9.17) is 5.73 Å². The number of imide groups is 1. The second kappa shape index (κ2) is 7.47. The van der Waals surface area contributed by atoms with Gasteiger partial charge in [0.25, 0.3) is 5.91 Å². The van der Waals surface area contributed by atoms with Crippen molar-refractivity contribution in [1.82, 2.24) is 25.2 Å². The maximum absolute atomic E-state index is 13.4. The molecular formula is C22H29N7O2. The van der Waals surface area contributed by atoms with E-state index in [0.717, 1.165) is 17.7 Å². The Morgan fingerprint density at radius 1 is 1.19 bits per heavy atom. The molecule has 31 heavy (non-hydrogen) atoms. The Kier molecular flexibility index (Phi) is 5.07. The molecule has 1 aromatic carbocycles. The third kappa shape index (κ3) is 4.17. The van der Waals surface area contributed by atoms with Gasteiger partial charge < -0.3 is 16.4 Å². The van der Waals surface area contributed by atoms with Crippen LogP contribution in [0.2, 0.25) is 0 Å². The van der Waals surface area contributed by atoms with Gasteiger partial charge in [-0.25, -0.2) is 4.79 Å². The lowest BCUT2D eigenvalue weighted by Crippen LogP contribution is -2.54. The number of benzene rings is 1. The summed E-state index contributed by atoms with van der Waals surface area (Å²) in [6.07, 6.45) is 2.28. The average Bonchev–Trinajstić information content (AvgIpc) is 2.85. The van der Waals surface area contributed by atoms with Crippen molar-refractivity contribution < 1.29 is 9.59 Å². The lowest BCUT2D eigenvalue weighted by molar-refractivity contribution is -0.135. The topological polar surface area (TPSA) is 126 Å². The Morgan fingerprint density at radius 3 is 2.65 bits per heavy atom. The molecule has 2 heterocycles. The predicted molar refractivity (Wildman–Crippen MR) is 117 cm³/mol. The van der Waals surface area contributed by atoms with E-state index in [2.05, 4.69) is 46.4 Å². The minimum absolute atomic E-state index is 0.0234. The molecular weight excluding hydrogens is 394 g/mol. The van der Waals surface area contributed by atoms with Gasteiger partial charge in [0, 0.05) is 5.69 Å². The number of nitrogens with two attached hydrogens (primary N) is 1. The van der Waals surface area contributed by atoms with Gasteiger partial charge in [0.1, 0.15) is 5.54 Å². The number of carbonyl (C=O) groups excluding carboxylic acids is 2. The van der Waals surface area contributed by atoms with Crippen LogP contribution in [0.25, 0.3) is 0 Å². The Labute approximate surface area is 181 Å². The Hall–Kier alpha value is -3.23. The summed E-state index contributed by atoms with van der Waals surface area (Å²) in [6.45, 7) is 8.32. The van der Waals surface area contributed by atoms with Crippen LogP contribution in [0.15, 0.2) is 24.3 Å². The quantitative estimate of drug-likeness (QED) is 0.645. The van der Waals surface area contributed by atoms with Crippen LogP contribution in [0, 0.1) is 18.3 Å². The summed E-state index contributed by atoms with van der Waals surface area (Å²) in [7, 11) is 0. The first-order valence-corrected chi connectivity index (χ1v) is 10.5. The summed E-state index contributed by atoms with van der Waals surface area (Å²) in [5.74, 6) is 0.670. The number of urea groups is 1. The Balaban J connectivity index is 1.57. The zero-order valence-corrected chi connectivity index (χ0v) is 18.4. The molecule has 1 saturated carbocycles. The van der Waals surface area contributed by atoms with Gasteiger partial charge in [-0.1, -0.05) is 39.0 Å². The molecule has 0 radical (unpaired) electrons. The van der Waals surface area contributed by atoms with E-state index in [-0.39, 0.29) is 35.6 Å². The number of hydrogen-bond donors (Lipinski definition) is 3. The van der Waals surface area contributed by atoms with Crippen molar-refractivity contribution in [3.63, 3.8) is 0 Å². The molecule has 9 nitrogen and oxygen atoms in total. The standard InChI is InChI=1S/C22H29N7O2/c1-13-9-21(3,4)12-22(10-13)17(30)29(20(31)28-22)11-16-25-18(23)27-19(26-16)24-15-8-6-5-7-14(15)2/h5-8,13H,9-12H2,1-4H3,(H,28,31)(H3,23,24,25,26,27). The van der Waals surface area contributed by atoms with E-state index in [0.29, 0.717) is 18.8 Å². The molecule has 4 rings (SSSR count). The van der Waals surface area contributed by atoms with E-state index in [1.165, 1.54) is 4.90 Å². The summed E-state index contributed by atoms with van der Waals surface area (Å²) >= 11 is 0. The van der Waals surface area contributed by atoms with Gasteiger partial charge in [-0.15, -0.1) is 0 Å². The second-order valence-electron chi connectivity index (χ2n) is 9.63. The molecule has 3 amide bonds. The number of aryl methyl sites for hydroxylation is 1. The number of amides is 3. The van der Waals surface area contributed by atoms with Gasteiger partial charge in [-0.2, -0.15) is 15.0 Å². The number of anilines is 3. The Morgan fingerprint density at radius 2 is 1.94 bits per heavy atom. The van der Waals surface area contributed by atoms with Crippen LogP contribution in [-0.2, 0) is 11.3 Å². The van der Waals surface area contributed by atoms with Crippen LogP contribution in [0.5, 0.6) is 0 Å². The van der Waals surface area contributed by atoms with Gasteiger partial charge in [0.15, 0.2) is 5.82 Å². The molecule has 164 valence electrons. The smallest absolute Gasteiger partial charge is 0.325 e. The van der Waals surface area contributed by atoms with Crippen molar-refractivity contribution >= 4 is 29.5 Å². The van der Waals surface area contributed by atoms with Crippen molar-refractivity contribution in [3.05, 3.63) is 35.7 Å². The maximum Gasteiger partial charge on any atom is 0.325 e. The van der Waals surface area contributed by atoms with Gasteiger partial charge in [0.05, 0.1) is 6.54 Å². The summed E-state index contributed by atoms with van der Waals surface area (Å²) in [4.78, 5) is 40.0. The molecule has 1 aliphatic heterocycles. The molecule has 1 aliphatic carbocycles. The second-order valence-corrected chi connectivity index (χ2v) is 9.63. The molecule has 1 saturated heterocycles. The molecule has 1 aromatic heterocycles. The highest BCUT2D eigenvalue weighted by Gasteiger charge is 2.56. The summed E-state index contributed by atoms with van der Waals surface area (Å²) < 4.78 is 0. The fourth-order valence-corrected chi connectivity index (χ4v) is 5.19. The molecule has 2 aliphatic rings. The lowest BCUT2D eigenvalue weighted by Gasteiger charge is -2.43. The molecule has 0 bridgehead atoms. The van der Waals surface area contributed by atoms with E-state index in [1.807, 2.05) is 31.2 Å². The SMILES string of the molecule is Cc1ccccc1Nc1nc(N)nc(CN2C(=O)NC3(CC(C)CC(C)(C)C3)C2=O)n1. The molecule has 4 N–H and O–H groups in total. The fraction of sp³-hybridized carbons (Fsp3) is 0.500. The number of nitrogens with zero attached hydrogens (tertiary/aromatic N) is 4. The van der Waals surface area contributed by atoms with Crippen molar-refractivity contribution in [3.8, 4) is 0 Å². The first kappa shape index (κ1) is 21.0. The Bertz CT molecular complexity index is 1040. The van der Waals surface area contributed by atoms with E-state index >= 15 is 0 Å². The summed E-state index contributed by atoms with van der Waals surface area (Å²) in [5, 5.41) is 6.10. The summed E-state index contributed by atoms with van der Waals surface area (Å²) in [5.41, 5.74) is 6.85. The van der Waals surface area contributed by atoms with E-state index in [1.54, 1.807) is 0 Å². The molecule has 2 fully saturated rings. The number of hydrogen-bond acceptors (Lipinski definition) is 7. The number of aromatic nitrogens is 3. The minimum atomic E-state index is -0.862. The van der Waals surface area contributed by atoms with Crippen molar-refractivity contribution in [2.75, 3.05) is 11.1 Å². The van der Waals surface area contributed by atoms with Crippen LogP contribution in [0.4, 0.5) is 22.4 Å². The fourth-order valence-electron chi connectivity index (χ4n) is 5.19. The highest BCUT2D eigenvalue weighted by atomic mass is 16.2. The molecule has 1 spiro atoms. The zero-order valence-electron chi connectivity index (χ0n) is 18.4. The molecule has 2 aromatic rings. The first-order valence-electron chi connectivity index (χ1n) is 10.5. The van der Waals surface area contributed by atoms with E-state index < -0.39 is 11.6 Å². The van der Waals surface area contributed by atoms with Crippen LogP contribution >= 0.6 is 0 Å². The molecule has 2 atom stereocenters. The van der Waals surface area contributed by atoms with Gasteiger partial charge >= 0.3 is 6.03 Å². The first-order chi connectivity index (χ1) is 14.6. The van der Waals surface area contributed by atoms with Crippen LogP contribution < -0.4 is 16.4 Å². The maximum atomic E-state index is 13.4. The normalized spacial score (nSPS) is 25.0. The monoisotopic (exact) mass is 423 g/mol. The largest absolute Gasteiger partial charge is 0.368 e.